The Balaban J connectivity index is 2.34. The highest BCUT2D eigenvalue weighted by atomic mass is 35.5. The number of nitrogens with zero attached hydrogens (tertiary/aromatic N) is 1. The fourth-order valence-corrected chi connectivity index (χ4v) is 3.99. The number of hydrogen-bond donors (Lipinski definition) is 0. The van der Waals surface area contributed by atoms with Crippen LogP contribution in [0, 0.1) is 0 Å². The zero-order valence-electron chi connectivity index (χ0n) is 16.7. The maximum absolute atomic E-state index is 12.9. The van der Waals surface area contributed by atoms with Crippen LogP contribution in [0.15, 0.2) is 77.1 Å². The highest BCUT2D eigenvalue weighted by Gasteiger charge is 2.40. The van der Waals surface area contributed by atoms with Gasteiger partial charge in [-0.2, -0.15) is 0 Å². The molecule has 1 aliphatic rings. The van der Waals surface area contributed by atoms with Crippen LogP contribution in [0.2, 0.25) is 5.02 Å². The topological polar surface area (TPSA) is 55.8 Å². The maximum Gasteiger partial charge on any atom is 0.336 e. The fourth-order valence-electron chi connectivity index (χ4n) is 3.79. The van der Waals surface area contributed by atoms with Gasteiger partial charge in [-0.05, 0) is 43.7 Å². The SMILES string of the molecule is COC(=O)C1=C(C)N(c2ccccc2)C(C)=C(C(=O)OC)C1c1cccc(Cl)c1. The minimum Gasteiger partial charge on any atom is -0.466 e. The van der Waals surface area contributed by atoms with Crippen molar-refractivity contribution in [2.45, 2.75) is 19.8 Å². The number of rotatable bonds is 4. The van der Waals surface area contributed by atoms with E-state index in [0.717, 1.165) is 5.69 Å². The van der Waals surface area contributed by atoms with E-state index in [4.69, 9.17) is 21.1 Å². The van der Waals surface area contributed by atoms with Crippen molar-refractivity contribution in [1.29, 1.82) is 0 Å². The number of halogens is 1. The number of ether oxygens (including phenoxy) is 2. The quantitative estimate of drug-likeness (QED) is 0.674. The number of methoxy groups -OCH3 is 2. The van der Waals surface area contributed by atoms with Crippen LogP contribution in [0.4, 0.5) is 5.69 Å². The Morgan fingerprint density at radius 1 is 0.862 bits per heavy atom. The van der Waals surface area contributed by atoms with Gasteiger partial charge in [0.1, 0.15) is 0 Å². The lowest BCUT2D eigenvalue weighted by Gasteiger charge is -2.37. The molecule has 1 heterocycles. The highest BCUT2D eigenvalue weighted by Crippen LogP contribution is 2.44. The number of hydrogen-bond acceptors (Lipinski definition) is 5. The molecule has 0 saturated carbocycles. The third-order valence-corrected chi connectivity index (χ3v) is 5.27. The second-order valence-corrected chi connectivity index (χ2v) is 7.08. The molecular formula is C23H22ClNO4. The van der Waals surface area contributed by atoms with Gasteiger partial charge >= 0.3 is 11.9 Å². The van der Waals surface area contributed by atoms with E-state index < -0.39 is 17.9 Å². The summed E-state index contributed by atoms with van der Waals surface area (Å²) in [6, 6.07) is 16.6. The van der Waals surface area contributed by atoms with Gasteiger partial charge in [0.15, 0.2) is 0 Å². The highest BCUT2D eigenvalue weighted by molar-refractivity contribution is 6.30. The van der Waals surface area contributed by atoms with Gasteiger partial charge in [0.2, 0.25) is 0 Å². The molecule has 0 fully saturated rings. The molecule has 3 rings (SSSR count). The Hall–Kier alpha value is -3.05. The Labute approximate surface area is 175 Å². The molecule has 2 aromatic rings. The Morgan fingerprint density at radius 3 is 1.90 bits per heavy atom. The summed E-state index contributed by atoms with van der Waals surface area (Å²) in [6.07, 6.45) is 0. The normalized spacial score (nSPS) is 14.9. The summed E-state index contributed by atoms with van der Waals surface area (Å²) in [5.74, 6) is -1.68. The summed E-state index contributed by atoms with van der Waals surface area (Å²) < 4.78 is 10.2. The summed E-state index contributed by atoms with van der Waals surface area (Å²) >= 11 is 6.21. The maximum atomic E-state index is 12.9. The van der Waals surface area contributed by atoms with Crippen LogP contribution in [-0.2, 0) is 19.1 Å². The molecular weight excluding hydrogens is 390 g/mol. The molecule has 1 aliphatic heterocycles. The molecule has 0 amide bonds. The first-order valence-electron chi connectivity index (χ1n) is 9.09. The molecule has 150 valence electrons. The van der Waals surface area contributed by atoms with Gasteiger partial charge in [-0.25, -0.2) is 9.59 Å². The molecule has 0 bridgehead atoms. The Bertz CT molecular complexity index is 971. The summed E-state index contributed by atoms with van der Waals surface area (Å²) in [4.78, 5) is 27.6. The van der Waals surface area contributed by atoms with E-state index in [1.165, 1.54) is 14.2 Å². The van der Waals surface area contributed by atoms with Crippen molar-refractivity contribution in [2.24, 2.45) is 0 Å². The van der Waals surface area contributed by atoms with E-state index in [-0.39, 0.29) is 0 Å². The predicted octanol–water partition coefficient (Wildman–Crippen LogP) is 4.84. The predicted molar refractivity (Wildman–Crippen MR) is 113 cm³/mol. The minimum atomic E-state index is -0.659. The van der Waals surface area contributed by atoms with Gasteiger partial charge in [-0.15, -0.1) is 0 Å². The number of benzene rings is 2. The van der Waals surface area contributed by atoms with Gasteiger partial charge in [0.05, 0.1) is 31.3 Å². The summed E-state index contributed by atoms with van der Waals surface area (Å²) in [6.45, 7) is 3.68. The zero-order chi connectivity index (χ0) is 21.1. The number of anilines is 1. The van der Waals surface area contributed by atoms with Gasteiger partial charge in [0.25, 0.3) is 0 Å². The molecule has 0 aliphatic carbocycles. The third kappa shape index (κ3) is 3.78. The first-order chi connectivity index (χ1) is 13.9. The number of para-hydroxylation sites is 1. The van der Waals surface area contributed by atoms with Crippen molar-refractivity contribution in [3.63, 3.8) is 0 Å². The molecule has 2 aromatic carbocycles. The van der Waals surface area contributed by atoms with Crippen LogP contribution >= 0.6 is 11.6 Å². The van der Waals surface area contributed by atoms with Gasteiger partial charge in [-0.3, -0.25) is 0 Å². The summed E-state index contributed by atoms with van der Waals surface area (Å²) in [5, 5.41) is 0.511. The number of carbonyl (C=O) groups is 2. The molecule has 0 radical (unpaired) electrons. The van der Waals surface area contributed by atoms with Crippen molar-refractivity contribution >= 4 is 29.2 Å². The van der Waals surface area contributed by atoms with Crippen LogP contribution in [0.1, 0.15) is 25.3 Å². The Kier molecular flexibility index (Phi) is 6.09. The average Bonchev–Trinajstić information content (AvgIpc) is 2.73. The Morgan fingerprint density at radius 2 is 1.41 bits per heavy atom. The van der Waals surface area contributed by atoms with E-state index in [1.807, 2.05) is 55.1 Å². The van der Waals surface area contributed by atoms with Crippen LogP contribution < -0.4 is 4.90 Å². The van der Waals surface area contributed by atoms with Crippen LogP contribution in [-0.4, -0.2) is 26.2 Å². The zero-order valence-corrected chi connectivity index (χ0v) is 17.5. The number of carbonyl (C=O) groups excluding carboxylic acids is 2. The average molecular weight is 412 g/mol. The first kappa shape index (κ1) is 20.7. The smallest absolute Gasteiger partial charge is 0.336 e. The molecule has 0 aromatic heterocycles. The van der Waals surface area contributed by atoms with Gasteiger partial charge < -0.3 is 14.4 Å². The lowest BCUT2D eigenvalue weighted by molar-refractivity contribution is -0.137. The molecule has 0 N–H and O–H groups in total. The number of allylic oxidation sites excluding steroid dienone is 2. The van der Waals surface area contributed by atoms with Crippen LogP contribution in [0.25, 0.3) is 0 Å². The molecule has 29 heavy (non-hydrogen) atoms. The lowest BCUT2D eigenvalue weighted by Crippen LogP contribution is -2.35. The van der Waals surface area contributed by atoms with E-state index in [0.29, 0.717) is 33.1 Å². The van der Waals surface area contributed by atoms with Crippen molar-refractivity contribution in [3.05, 3.63) is 87.7 Å². The van der Waals surface area contributed by atoms with Crippen LogP contribution in [0.3, 0.4) is 0 Å². The minimum absolute atomic E-state index is 0.365. The lowest BCUT2D eigenvalue weighted by atomic mass is 9.79. The molecule has 0 spiro atoms. The van der Waals surface area contributed by atoms with Gasteiger partial charge in [0, 0.05) is 22.1 Å². The molecule has 0 atom stereocenters. The van der Waals surface area contributed by atoms with E-state index in [9.17, 15) is 9.59 Å². The molecule has 0 unspecified atom stereocenters. The van der Waals surface area contributed by atoms with E-state index in [2.05, 4.69) is 0 Å². The molecule has 5 nitrogen and oxygen atoms in total. The summed E-state index contributed by atoms with van der Waals surface area (Å²) in [5.41, 5.74) is 3.63. The largest absolute Gasteiger partial charge is 0.466 e. The van der Waals surface area contributed by atoms with Crippen molar-refractivity contribution in [2.75, 3.05) is 19.1 Å². The van der Waals surface area contributed by atoms with Crippen molar-refractivity contribution < 1.29 is 19.1 Å². The van der Waals surface area contributed by atoms with E-state index >= 15 is 0 Å². The monoisotopic (exact) mass is 411 g/mol. The van der Waals surface area contributed by atoms with E-state index in [1.54, 1.807) is 18.2 Å². The third-order valence-electron chi connectivity index (χ3n) is 5.03. The second kappa shape index (κ2) is 8.53. The standard InChI is InChI=1S/C23H22ClNO4/c1-14-19(22(26)28-3)21(16-9-8-10-17(24)13-16)20(23(27)29-4)15(2)25(14)18-11-6-5-7-12-18/h5-13,21H,1-4H3. The number of esters is 2. The van der Waals surface area contributed by atoms with Gasteiger partial charge in [-0.1, -0.05) is 41.9 Å². The first-order valence-corrected chi connectivity index (χ1v) is 9.47. The molecule has 0 saturated heterocycles. The second-order valence-electron chi connectivity index (χ2n) is 6.64. The summed E-state index contributed by atoms with van der Waals surface area (Å²) in [7, 11) is 2.65. The van der Waals surface area contributed by atoms with Crippen molar-refractivity contribution in [1.82, 2.24) is 0 Å². The molecule has 6 heteroatoms. The van der Waals surface area contributed by atoms with Crippen LogP contribution in [0.5, 0.6) is 0 Å². The van der Waals surface area contributed by atoms with Crippen molar-refractivity contribution in [3.8, 4) is 0 Å². The fraction of sp³-hybridized carbons (Fsp3) is 0.217.